The highest BCUT2D eigenvalue weighted by Crippen LogP contribution is 2.32. The molecule has 57 heavy (non-hydrogen) atoms. The number of amides is 3. The van der Waals surface area contributed by atoms with Gasteiger partial charge in [-0.3, -0.25) is 33.6 Å². The monoisotopic (exact) mass is 791 g/mol. The van der Waals surface area contributed by atoms with E-state index in [1.54, 1.807) is 38.1 Å². The van der Waals surface area contributed by atoms with Crippen molar-refractivity contribution in [2.75, 3.05) is 27.5 Å². The van der Waals surface area contributed by atoms with Crippen molar-refractivity contribution in [2.24, 2.45) is 17.8 Å². The maximum Gasteiger partial charge on any atom is 0.305 e. The summed E-state index contributed by atoms with van der Waals surface area (Å²) >= 11 is 0. The van der Waals surface area contributed by atoms with Gasteiger partial charge in [-0.15, -0.1) is 0 Å². The highest BCUT2D eigenvalue weighted by molar-refractivity contribution is 5.99. The lowest BCUT2D eigenvalue weighted by Gasteiger charge is -2.32. The van der Waals surface area contributed by atoms with Crippen molar-refractivity contribution >= 4 is 35.9 Å². The average Bonchev–Trinajstić information content (AvgIpc) is 3.73. The van der Waals surface area contributed by atoms with E-state index in [0.29, 0.717) is 42.7 Å². The van der Waals surface area contributed by atoms with Gasteiger partial charge in [-0.05, 0) is 68.0 Å². The molecule has 0 saturated carbocycles. The van der Waals surface area contributed by atoms with Gasteiger partial charge in [0.05, 0.1) is 39.5 Å². The molecule has 14 heteroatoms. The first-order valence-electron chi connectivity index (χ1n) is 19.5. The van der Waals surface area contributed by atoms with Crippen molar-refractivity contribution < 1.29 is 52.2 Å². The summed E-state index contributed by atoms with van der Waals surface area (Å²) in [6.45, 7) is 7.76. The molecule has 0 aliphatic heterocycles. The lowest BCUT2D eigenvalue weighted by atomic mass is 9.82. The minimum Gasteiger partial charge on any atom is -0.494 e. The Bertz CT molecular complexity index is 1760. The Morgan fingerprint density at radius 2 is 1.61 bits per heavy atom. The van der Waals surface area contributed by atoms with Crippen LogP contribution >= 0.6 is 0 Å². The zero-order valence-corrected chi connectivity index (χ0v) is 33.9. The van der Waals surface area contributed by atoms with Gasteiger partial charge in [0.2, 0.25) is 12.3 Å². The van der Waals surface area contributed by atoms with E-state index >= 15 is 0 Å². The van der Waals surface area contributed by atoms with Crippen molar-refractivity contribution in [3.63, 3.8) is 0 Å². The standard InChI is InChI=1S/C43H57N3O11/c1-7-10-12-17-35(36(8-2)46(28-47)56-26-30-15-13-11-14-16-30)42(51)44-27-45-43(52)38-20-19-37(57-38)32-22-33(24-34(23-32)55-9-3)41(50)29(4)31(25-40(49)54-6)18-21-39(48)53-5/h11,13-16,19-20,22-24,28-29,31,35-36H,7-10,12,17-18,21,25-27H2,1-6H3,(H,44,51)(H,45,52). The topological polar surface area (TPSA) is 180 Å². The molecule has 1 heterocycles. The molecule has 4 unspecified atom stereocenters. The summed E-state index contributed by atoms with van der Waals surface area (Å²) < 4.78 is 21.3. The Balaban J connectivity index is 1.73. The molecular weight excluding hydrogens is 734 g/mol. The van der Waals surface area contributed by atoms with Crippen LogP contribution in [-0.4, -0.2) is 74.5 Å². The highest BCUT2D eigenvalue weighted by Gasteiger charge is 2.32. The average molecular weight is 792 g/mol. The second-order valence-corrected chi connectivity index (χ2v) is 13.7. The van der Waals surface area contributed by atoms with Gasteiger partial charge in [0.1, 0.15) is 18.1 Å². The predicted octanol–water partition coefficient (Wildman–Crippen LogP) is 6.67. The van der Waals surface area contributed by atoms with Crippen molar-refractivity contribution in [3.05, 3.63) is 77.6 Å². The molecular formula is C43H57N3O11. The number of ketones is 1. The maximum atomic E-state index is 13.8. The van der Waals surface area contributed by atoms with Crippen molar-refractivity contribution in [2.45, 2.75) is 91.7 Å². The van der Waals surface area contributed by atoms with E-state index in [4.69, 9.17) is 23.5 Å². The fraction of sp³-hybridized carbons (Fsp3) is 0.488. The first-order valence-corrected chi connectivity index (χ1v) is 19.5. The van der Waals surface area contributed by atoms with Crippen LogP contribution in [0.5, 0.6) is 5.75 Å². The number of rotatable bonds is 26. The third-order valence-corrected chi connectivity index (χ3v) is 9.84. The van der Waals surface area contributed by atoms with Crippen molar-refractivity contribution in [1.82, 2.24) is 15.7 Å². The van der Waals surface area contributed by atoms with Gasteiger partial charge in [0.25, 0.3) is 5.91 Å². The van der Waals surface area contributed by atoms with E-state index in [1.807, 2.05) is 37.3 Å². The maximum absolute atomic E-state index is 13.8. The molecule has 2 aromatic carbocycles. The fourth-order valence-corrected chi connectivity index (χ4v) is 6.57. The third-order valence-electron chi connectivity index (χ3n) is 9.84. The first-order chi connectivity index (χ1) is 27.5. The molecule has 14 nitrogen and oxygen atoms in total. The Hall–Kier alpha value is -5.50. The zero-order chi connectivity index (χ0) is 41.7. The fourth-order valence-electron chi connectivity index (χ4n) is 6.57. The molecule has 4 atom stereocenters. The van der Waals surface area contributed by atoms with Crippen LogP contribution in [0.4, 0.5) is 0 Å². The largest absolute Gasteiger partial charge is 0.494 e. The Labute approximate surface area is 334 Å². The van der Waals surface area contributed by atoms with Crippen LogP contribution in [0.1, 0.15) is 106 Å². The predicted molar refractivity (Wildman–Crippen MR) is 212 cm³/mol. The number of carbonyl (C=O) groups excluding carboxylic acids is 6. The number of hydroxylamine groups is 2. The van der Waals surface area contributed by atoms with Crippen LogP contribution in [0.3, 0.4) is 0 Å². The highest BCUT2D eigenvalue weighted by atomic mass is 16.7. The van der Waals surface area contributed by atoms with Gasteiger partial charge in [-0.1, -0.05) is 70.4 Å². The number of esters is 2. The second-order valence-electron chi connectivity index (χ2n) is 13.7. The minimum atomic E-state index is -0.672. The quantitative estimate of drug-likeness (QED) is 0.0222. The van der Waals surface area contributed by atoms with Crippen LogP contribution in [-0.2, 0) is 40.1 Å². The number of Topliss-reactive ketones (excluding diaryl/α,β-unsaturated/α-hetero) is 1. The van der Waals surface area contributed by atoms with E-state index < -0.39 is 41.6 Å². The summed E-state index contributed by atoms with van der Waals surface area (Å²) in [6.07, 6.45) is 4.45. The third kappa shape index (κ3) is 14.2. The van der Waals surface area contributed by atoms with Gasteiger partial charge >= 0.3 is 11.9 Å². The second kappa shape index (κ2) is 24.2. The number of benzene rings is 2. The van der Waals surface area contributed by atoms with E-state index in [9.17, 15) is 28.8 Å². The number of furan rings is 1. The van der Waals surface area contributed by atoms with Gasteiger partial charge in [0, 0.05) is 29.9 Å². The van der Waals surface area contributed by atoms with Crippen molar-refractivity contribution in [3.8, 4) is 17.1 Å². The van der Waals surface area contributed by atoms with E-state index in [-0.39, 0.29) is 55.7 Å². The van der Waals surface area contributed by atoms with Gasteiger partial charge in [-0.2, -0.15) is 0 Å². The normalized spacial score (nSPS) is 13.0. The van der Waals surface area contributed by atoms with Gasteiger partial charge in [0.15, 0.2) is 11.5 Å². The number of ether oxygens (including phenoxy) is 3. The molecule has 0 fully saturated rings. The smallest absolute Gasteiger partial charge is 0.305 e. The van der Waals surface area contributed by atoms with Crippen LogP contribution in [0.2, 0.25) is 0 Å². The molecule has 1 aromatic heterocycles. The summed E-state index contributed by atoms with van der Waals surface area (Å²) in [4.78, 5) is 82.7. The lowest BCUT2D eigenvalue weighted by molar-refractivity contribution is -0.200. The summed E-state index contributed by atoms with van der Waals surface area (Å²) in [5.41, 5.74) is 1.65. The Morgan fingerprint density at radius 3 is 2.26 bits per heavy atom. The molecule has 3 amide bonds. The minimum absolute atomic E-state index is 0.0304. The van der Waals surface area contributed by atoms with E-state index in [0.717, 1.165) is 24.8 Å². The first kappa shape index (κ1) is 45.9. The number of nitrogens with zero attached hydrogens (tertiary/aromatic N) is 1. The summed E-state index contributed by atoms with van der Waals surface area (Å²) in [6, 6.07) is 16.9. The number of carbonyl (C=O) groups is 6. The Kier molecular flexibility index (Phi) is 19.5. The lowest BCUT2D eigenvalue weighted by Crippen LogP contribution is -2.48. The molecule has 3 rings (SSSR count). The molecule has 0 aliphatic rings. The van der Waals surface area contributed by atoms with Gasteiger partial charge in [-0.25, -0.2) is 5.06 Å². The molecule has 0 saturated heterocycles. The molecule has 3 aromatic rings. The zero-order valence-electron chi connectivity index (χ0n) is 33.9. The molecule has 0 radical (unpaired) electrons. The summed E-state index contributed by atoms with van der Waals surface area (Å²) in [5.74, 6) is -3.25. The Morgan fingerprint density at radius 1 is 0.877 bits per heavy atom. The summed E-state index contributed by atoms with van der Waals surface area (Å²) in [7, 11) is 2.54. The van der Waals surface area contributed by atoms with Crippen LogP contribution < -0.4 is 15.4 Å². The molecule has 2 N–H and O–H groups in total. The van der Waals surface area contributed by atoms with Crippen LogP contribution in [0.25, 0.3) is 11.3 Å². The molecule has 0 bridgehead atoms. The van der Waals surface area contributed by atoms with E-state index in [2.05, 4.69) is 17.6 Å². The van der Waals surface area contributed by atoms with Crippen LogP contribution in [0, 0.1) is 17.8 Å². The summed E-state index contributed by atoms with van der Waals surface area (Å²) in [5, 5.41) is 6.68. The number of unbranched alkanes of at least 4 members (excludes halogenated alkanes) is 2. The van der Waals surface area contributed by atoms with Crippen molar-refractivity contribution in [1.29, 1.82) is 0 Å². The SMILES string of the molecule is CCCCCC(C(=O)NCNC(=O)c1ccc(-c2cc(OCC)cc(C(=O)C(C)C(CCC(=O)OC)CC(=O)OC)c2)o1)C(CC)N(C=O)OCc1ccccc1. The molecule has 0 spiro atoms. The van der Waals surface area contributed by atoms with E-state index in [1.165, 1.54) is 25.3 Å². The number of hydrogen-bond acceptors (Lipinski definition) is 11. The van der Waals surface area contributed by atoms with Gasteiger partial charge < -0.3 is 29.3 Å². The molecule has 310 valence electrons. The number of hydrogen-bond donors (Lipinski definition) is 2. The number of methoxy groups -OCH3 is 2. The number of nitrogens with one attached hydrogen (secondary N) is 2. The molecule has 0 aliphatic carbocycles. The van der Waals surface area contributed by atoms with Crippen LogP contribution in [0.15, 0.2) is 65.1 Å².